The summed E-state index contributed by atoms with van der Waals surface area (Å²) in [7, 11) is -2.80. The van der Waals surface area contributed by atoms with Crippen molar-refractivity contribution in [2.75, 3.05) is 0 Å². The van der Waals surface area contributed by atoms with Crippen LogP contribution in [0.1, 0.15) is 109 Å². The summed E-state index contributed by atoms with van der Waals surface area (Å²) in [6, 6.07) is 91.7. The molecule has 7 heteroatoms. The Morgan fingerprint density at radius 1 is 0.282 bits per heavy atom. The topological polar surface area (TPSA) is 44.4 Å². The van der Waals surface area contributed by atoms with Gasteiger partial charge in [-0.2, -0.15) is 0 Å². The lowest BCUT2D eigenvalue weighted by Gasteiger charge is -2.40. The predicted octanol–water partition coefficient (Wildman–Crippen LogP) is 23.0. The molecule has 6 aliphatic carbocycles. The zero-order chi connectivity index (χ0) is 68.0. The summed E-state index contributed by atoms with van der Waals surface area (Å²) < 4.78 is 10.1. The Kier molecular flexibility index (Phi) is 15.1. The molecule has 0 spiro atoms. The fraction of sp³-hybridized carbons (Fsp3) is 0.146. The minimum absolute atomic E-state index is 0.792. The van der Waals surface area contributed by atoms with Gasteiger partial charge in [0.1, 0.15) is 0 Å². The monoisotopic (exact) mass is 1340 g/mol. The van der Waals surface area contributed by atoms with Gasteiger partial charge in [0.2, 0.25) is 0 Å². The van der Waals surface area contributed by atoms with E-state index < -0.39 is 8.07 Å². The van der Waals surface area contributed by atoms with E-state index in [2.05, 4.69) is 322 Å². The standard InChI is InChI=1S/C96H78N6Si/c1-3-29-73(30-4-1)103(74-31-5-2-6-32-74,75-55-49-67(50-56-75)97-87-59-53-71(101-93-45-19-11-37-81(93)82-38-12-20-46-94(82)101)63-85(87)65-25-23-27-69(61-65)99-89-41-15-7-33-77(89)78-34-8-16-42-90(78)99)76-57-51-68(52-58-76)98-88-60-54-72(102-95-47-21-13-39-83(95)84-40-14-22-48-96(84)102)64-86(88)66-26-24-28-70(62-66)100-91-43-17-9-35-79(91)80-36-10-18-44-92(80)100/h1-15,17,19,21,23-41,43,45,47,53-55,57,59-64H,16,18,20,22,42,44,46,48-52,56,58H2. The molecule has 20 rings (SSSR count). The first kappa shape index (κ1) is 61.2. The second-order valence-electron chi connectivity index (χ2n) is 28.8. The Bertz CT molecular complexity index is 5690. The largest absolute Gasteiger partial charge is 0.313 e. The number of hydrogen-bond donors (Lipinski definition) is 0. The molecule has 4 heterocycles. The molecule has 0 radical (unpaired) electrons. The van der Waals surface area contributed by atoms with Crippen LogP contribution in [0.5, 0.6) is 0 Å². The highest BCUT2D eigenvalue weighted by Gasteiger charge is 2.45. The van der Waals surface area contributed by atoms with E-state index in [9.17, 15) is 0 Å². The molecule has 0 amide bonds. The zero-order valence-corrected chi connectivity index (χ0v) is 59.0. The second-order valence-corrected chi connectivity index (χ2v) is 32.8. The van der Waals surface area contributed by atoms with Crippen molar-refractivity contribution < 1.29 is 0 Å². The van der Waals surface area contributed by atoms with Gasteiger partial charge in [-0.15, -0.1) is 0 Å². The van der Waals surface area contributed by atoms with Gasteiger partial charge in [-0.3, -0.25) is 9.98 Å². The summed E-state index contributed by atoms with van der Waals surface area (Å²) in [6.07, 6.45) is 37.3. The number of allylic oxidation sites excluding steroid dienone is 8. The van der Waals surface area contributed by atoms with Gasteiger partial charge >= 0.3 is 0 Å². The summed E-state index contributed by atoms with van der Waals surface area (Å²) in [5.41, 5.74) is 29.7. The molecule has 0 N–H and O–H groups in total. The molecule has 0 aliphatic heterocycles. The van der Waals surface area contributed by atoms with Crippen molar-refractivity contribution >= 4 is 109 Å². The Balaban J connectivity index is 0.687. The average molecular weight is 1340 g/mol. The molecule has 0 bridgehead atoms. The van der Waals surface area contributed by atoms with E-state index in [0.717, 1.165) is 112 Å². The van der Waals surface area contributed by atoms with Crippen LogP contribution in [0.25, 0.3) is 113 Å². The Labute approximate surface area is 603 Å². The van der Waals surface area contributed by atoms with Crippen molar-refractivity contribution in [3.63, 3.8) is 0 Å². The fourth-order valence-corrected chi connectivity index (χ4v) is 24.1. The minimum Gasteiger partial charge on any atom is -0.313 e. The first-order chi connectivity index (χ1) is 51.1. The maximum Gasteiger partial charge on any atom is 0.171 e. The number of rotatable bonds is 12. The zero-order valence-electron chi connectivity index (χ0n) is 58.0. The molecular formula is C96H78N6Si. The first-order valence-electron chi connectivity index (χ1n) is 37.4. The van der Waals surface area contributed by atoms with Crippen LogP contribution in [-0.2, 0) is 25.7 Å². The second kappa shape index (κ2) is 25.5. The van der Waals surface area contributed by atoms with Crippen molar-refractivity contribution in [1.82, 2.24) is 18.3 Å². The average Bonchev–Trinajstić information content (AvgIpc) is 1.73. The van der Waals surface area contributed by atoms with E-state index in [1.54, 1.807) is 10.4 Å². The normalized spacial score (nSPS) is 16.4. The van der Waals surface area contributed by atoms with Crippen LogP contribution < -0.4 is 10.4 Å². The van der Waals surface area contributed by atoms with E-state index in [-0.39, 0.29) is 0 Å². The number of para-hydroxylation sites is 4. The lowest BCUT2D eigenvalue weighted by molar-refractivity contribution is 0.888. The Morgan fingerprint density at radius 3 is 0.951 bits per heavy atom. The summed E-state index contributed by atoms with van der Waals surface area (Å²) in [5.74, 6) is 0. The van der Waals surface area contributed by atoms with E-state index in [0.29, 0.717) is 0 Å². The van der Waals surface area contributed by atoms with Crippen LogP contribution in [0.3, 0.4) is 0 Å². The van der Waals surface area contributed by atoms with Gasteiger partial charge in [0.25, 0.3) is 0 Å². The molecule has 6 nitrogen and oxygen atoms in total. The van der Waals surface area contributed by atoms with Gasteiger partial charge in [0.15, 0.2) is 8.07 Å². The van der Waals surface area contributed by atoms with Crippen LogP contribution in [0.15, 0.2) is 299 Å². The maximum absolute atomic E-state index is 5.84. The highest BCUT2D eigenvalue weighted by molar-refractivity contribution is 7.12. The molecule has 10 aromatic carbocycles. The van der Waals surface area contributed by atoms with Crippen LogP contribution >= 0.6 is 0 Å². The smallest absolute Gasteiger partial charge is 0.171 e. The highest BCUT2D eigenvalue weighted by Crippen LogP contribution is 2.45. The fourth-order valence-electron chi connectivity index (χ4n) is 18.6. The SMILES string of the molecule is C1=Cc2c(n(-c3cccc(-c4cc(-n5c6c(c7ccccc75)C=CCC6)ccc4N=C4CC=C([Si](C5=CCC(=Nc6ccc(-n7c8c(c9ccccc97)C=CCC8)cc6-c6cccc(-n7c8c(c9ccccc97)C=CCC8)c6)CC5)(c5ccccc5)c5ccccc5)CC4)c3)c3ccccc23)CC1. The summed E-state index contributed by atoms with van der Waals surface area (Å²) in [5, 5.41) is 11.3. The molecular weight excluding hydrogens is 1270 g/mol. The van der Waals surface area contributed by atoms with E-state index in [4.69, 9.17) is 9.98 Å². The minimum atomic E-state index is -2.80. The number of fused-ring (bicyclic) bond motifs is 12. The van der Waals surface area contributed by atoms with Gasteiger partial charge in [-0.1, -0.05) is 229 Å². The molecule has 496 valence electrons. The van der Waals surface area contributed by atoms with E-state index in [1.165, 1.54) is 144 Å². The van der Waals surface area contributed by atoms with Gasteiger partial charge in [0, 0.05) is 125 Å². The number of aliphatic imine (C=N–C) groups is 2. The van der Waals surface area contributed by atoms with Crippen molar-refractivity contribution in [2.45, 2.75) is 89.9 Å². The summed E-state index contributed by atoms with van der Waals surface area (Å²) in [4.78, 5) is 11.7. The van der Waals surface area contributed by atoms with E-state index >= 15 is 0 Å². The maximum atomic E-state index is 5.84. The molecule has 0 fully saturated rings. The first-order valence-corrected chi connectivity index (χ1v) is 39.4. The van der Waals surface area contributed by atoms with Crippen molar-refractivity contribution in [3.05, 3.63) is 335 Å². The lowest BCUT2D eigenvalue weighted by atomic mass is 10.00. The van der Waals surface area contributed by atoms with Crippen molar-refractivity contribution in [2.24, 2.45) is 9.98 Å². The van der Waals surface area contributed by atoms with Gasteiger partial charge < -0.3 is 18.3 Å². The molecule has 0 unspecified atom stereocenters. The number of nitrogens with zero attached hydrogens (tertiary/aromatic N) is 6. The number of aromatic nitrogens is 4. The van der Waals surface area contributed by atoms with Crippen LogP contribution in [0, 0.1) is 0 Å². The third-order valence-electron chi connectivity index (χ3n) is 23.2. The van der Waals surface area contributed by atoms with Crippen LogP contribution in [0.2, 0.25) is 0 Å². The number of benzene rings is 10. The summed E-state index contributed by atoms with van der Waals surface area (Å²) in [6.45, 7) is 0. The quantitative estimate of drug-likeness (QED) is 0.109. The van der Waals surface area contributed by atoms with Gasteiger partial charge in [0.05, 0.1) is 33.4 Å². The third kappa shape index (κ3) is 10.2. The predicted molar refractivity (Wildman–Crippen MR) is 436 cm³/mol. The molecule has 4 aromatic heterocycles. The van der Waals surface area contributed by atoms with Crippen molar-refractivity contribution in [1.29, 1.82) is 0 Å². The van der Waals surface area contributed by atoms with Crippen molar-refractivity contribution in [3.8, 4) is 45.0 Å². The van der Waals surface area contributed by atoms with Crippen LogP contribution in [0.4, 0.5) is 11.4 Å². The Morgan fingerprint density at radius 2 is 0.612 bits per heavy atom. The van der Waals surface area contributed by atoms with E-state index in [1.807, 2.05) is 0 Å². The molecule has 103 heavy (non-hydrogen) atoms. The molecule has 0 atom stereocenters. The summed E-state index contributed by atoms with van der Waals surface area (Å²) >= 11 is 0. The number of hydrogen-bond acceptors (Lipinski definition) is 2. The molecule has 0 saturated heterocycles. The van der Waals surface area contributed by atoms with Crippen LogP contribution in [-0.4, -0.2) is 37.8 Å². The molecule has 0 saturated carbocycles. The molecule has 6 aliphatic rings. The highest BCUT2D eigenvalue weighted by atomic mass is 28.3. The Hall–Kier alpha value is -11.6. The molecule has 14 aromatic rings. The lowest BCUT2D eigenvalue weighted by Crippen LogP contribution is -2.62. The third-order valence-corrected chi connectivity index (χ3v) is 28.4. The van der Waals surface area contributed by atoms with Gasteiger partial charge in [-0.05, 0) is 183 Å². The van der Waals surface area contributed by atoms with Gasteiger partial charge in [-0.25, -0.2) is 0 Å².